The van der Waals surface area contributed by atoms with Crippen LogP contribution in [0.25, 0.3) is 0 Å². The van der Waals surface area contributed by atoms with Crippen LogP contribution in [0.2, 0.25) is 0 Å². The summed E-state index contributed by atoms with van der Waals surface area (Å²) in [4.78, 5) is 25.1. The summed E-state index contributed by atoms with van der Waals surface area (Å²) in [5, 5.41) is 4.57. The van der Waals surface area contributed by atoms with Crippen molar-refractivity contribution in [1.82, 2.24) is 10.2 Å². The minimum absolute atomic E-state index is 0.204. The zero-order chi connectivity index (χ0) is 10.3. The summed E-state index contributed by atoms with van der Waals surface area (Å²) >= 11 is 1.46. The zero-order valence-electron chi connectivity index (χ0n) is 7.90. The van der Waals surface area contributed by atoms with Crippen molar-refractivity contribution < 1.29 is 9.59 Å². The zero-order valence-corrected chi connectivity index (χ0v) is 8.72. The second-order valence-corrected chi connectivity index (χ2v) is 4.34. The summed E-state index contributed by atoms with van der Waals surface area (Å²) < 4.78 is 0. The minimum atomic E-state index is -0.875. The summed E-state index contributed by atoms with van der Waals surface area (Å²) in [7, 11) is 1.48. The van der Waals surface area contributed by atoms with Crippen LogP contribution in [0, 0.1) is 0 Å². The quantitative estimate of drug-likeness (QED) is 0.707. The van der Waals surface area contributed by atoms with Crippen molar-refractivity contribution in [3.8, 4) is 0 Å². The Morgan fingerprint density at radius 1 is 1.50 bits per heavy atom. The van der Waals surface area contributed by atoms with Crippen LogP contribution < -0.4 is 5.32 Å². The first-order chi connectivity index (χ1) is 6.55. The molecule has 0 radical (unpaired) electrons. The van der Waals surface area contributed by atoms with E-state index in [1.165, 1.54) is 18.4 Å². The molecule has 0 bridgehead atoms. The van der Waals surface area contributed by atoms with E-state index in [9.17, 15) is 9.59 Å². The summed E-state index contributed by atoms with van der Waals surface area (Å²) in [5.74, 6) is -0.204. The first-order valence-electron chi connectivity index (χ1n) is 4.20. The van der Waals surface area contributed by atoms with Gasteiger partial charge in [-0.25, -0.2) is 4.79 Å². The van der Waals surface area contributed by atoms with Crippen LogP contribution in [0.1, 0.15) is 11.8 Å². The molecule has 1 N–H and O–H groups in total. The van der Waals surface area contributed by atoms with Gasteiger partial charge in [-0.15, -0.1) is 11.3 Å². The van der Waals surface area contributed by atoms with Gasteiger partial charge in [-0.05, 0) is 18.4 Å². The van der Waals surface area contributed by atoms with Crippen LogP contribution in [0.3, 0.4) is 0 Å². The van der Waals surface area contributed by atoms with E-state index in [2.05, 4.69) is 5.32 Å². The first kappa shape index (κ1) is 9.21. The Kier molecular flexibility index (Phi) is 1.85. The van der Waals surface area contributed by atoms with E-state index in [1.54, 1.807) is 6.92 Å². The van der Waals surface area contributed by atoms with Crippen LogP contribution in [-0.4, -0.2) is 23.9 Å². The first-order valence-corrected chi connectivity index (χ1v) is 5.08. The Bertz CT molecular complexity index is 388. The molecule has 0 aromatic carbocycles. The molecule has 0 aliphatic carbocycles. The van der Waals surface area contributed by atoms with Gasteiger partial charge in [0.05, 0.1) is 0 Å². The number of carbonyl (C=O) groups excluding carboxylic acids is 2. The Labute approximate surface area is 85.5 Å². The number of nitrogens with one attached hydrogen (secondary N) is 1. The molecule has 74 valence electrons. The maximum Gasteiger partial charge on any atom is 0.325 e. The van der Waals surface area contributed by atoms with Crippen molar-refractivity contribution in [2.75, 3.05) is 7.05 Å². The topological polar surface area (TPSA) is 49.4 Å². The second-order valence-electron chi connectivity index (χ2n) is 3.40. The molecule has 1 aromatic heterocycles. The van der Waals surface area contributed by atoms with Gasteiger partial charge >= 0.3 is 6.03 Å². The third-order valence-electron chi connectivity index (χ3n) is 2.41. The van der Waals surface area contributed by atoms with Gasteiger partial charge in [0, 0.05) is 11.9 Å². The fourth-order valence-corrected chi connectivity index (χ4v) is 2.34. The molecular formula is C9H10N2O2S. The average molecular weight is 210 g/mol. The molecule has 2 rings (SSSR count). The normalized spacial score (nSPS) is 26.9. The summed E-state index contributed by atoms with van der Waals surface area (Å²) in [5.41, 5.74) is -0.875. The second kappa shape index (κ2) is 2.81. The van der Waals surface area contributed by atoms with Gasteiger partial charge in [-0.2, -0.15) is 0 Å². The molecule has 0 saturated carbocycles. The monoisotopic (exact) mass is 210 g/mol. The van der Waals surface area contributed by atoms with E-state index in [4.69, 9.17) is 0 Å². The molecule has 0 unspecified atom stereocenters. The fraction of sp³-hybridized carbons (Fsp3) is 0.333. The van der Waals surface area contributed by atoms with Crippen molar-refractivity contribution in [3.05, 3.63) is 22.4 Å². The molecule has 2 heterocycles. The largest absolute Gasteiger partial charge is 0.325 e. The molecule has 1 aromatic rings. The highest BCUT2D eigenvalue weighted by atomic mass is 32.1. The number of imide groups is 1. The molecule has 0 spiro atoms. The third kappa shape index (κ3) is 1.05. The molecule has 1 fully saturated rings. The summed E-state index contributed by atoms with van der Waals surface area (Å²) in [6.07, 6.45) is 0. The minimum Gasteiger partial charge on any atom is -0.319 e. The van der Waals surface area contributed by atoms with E-state index in [1.807, 2.05) is 17.5 Å². The van der Waals surface area contributed by atoms with E-state index in [0.29, 0.717) is 0 Å². The number of thiophene rings is 1. The molecule has 4 nitrogen and oxygen atoms in total. The summed E-state index contributed by atoms with van der Waals surface area (Å²) in [6.45, 7) is 1.72. The van der Waals surface area contributed by atoms with Gasteiger partial charge in [0.15, 0.2) is 5.54 Å². The molecule has 1 atom stereocenters. The molecule has 3 amide bonds. The molecule has 14 heavy (non-hydrogen) atoms. The molecule has 5 heteroatoms. The highest BCUT2D eigenvalue weighted by molar-refractivity contribution is 7.10. The number of hydrogen-bond acceptors (Lipinski definition) is 3. The van der Waals surface area contributed by atoms with Crippen LogP contribution >= 0.6 is 11.3 Å². The fourth-order valence-electron chi connectivity index (χ4n) is 1.51. The van der Waals surface area contributed by atoms with Gasteiger partial charge in [0.1, 0.15) is 0 Å². The molecule has 1 saturated heterocycles. The van der Waals surface area contributed by atoms with E-state index in [-0.39, 0.29) is 11.9 Å². The van der Waals surface area contributed by atoms with Crippen LogP contribution in [0.4, 0.5) is 4.79 Å². The molecule has 1 aliphatic heterocycles. The van der Waals surface area contributed by atoms with E-state index >= 15 is 0 Å². The Balaban J connectivity index is 2.44. The maximum atomic E-state index is 11.8. The van der Waals surface area contributed by atoms with Gasteiger partial charge in [0.2, 0.25) is 0 Å². The SMILES string of the molecule is CN1C(=O)N[C@](C)(c2cccs2)C1=O. The Morgan fingerprint density at radius 2 is 2.21 bits per heavy atom. The number of carbonyl (C=O) groups is 2. The number of nitrogens with zero attached hydrogens (tertiary/aromatic N) is 1. The number of likely N-dealkylation sites (N-methyl/N-ethyl adjacent to an activating group) is 1. The van der Waals surface area contributed by atoms with Crippen LogP contribution in [-0.2, 0) is 10.3 Å². The van der Waals surface area contributed by atoms with Gasteiger partial charge in [0.25, 0.3) is 5.91 Å². The smallest absolute Gasteiger partial charge is 0.319 e. The highest BCUT2D eigenvalue weighted by Crippen LogP contribution is 2.30. The lowest BCUT2D eigenvalue weighted by molar-refractivity contribution is -0.130. The standard InChI is InChI=1S/C9H10N2O2S/c1-9(6-4-3-5-14-6)7(12)11(2)8(13)10-9/h3-5H,1-2H3,(H,10,13)/t9-/m1/s1. The number of rotatable bonds is 1. The number of hydrogen-bond donors (Lipinski definition) is 1. The van der Waals surface area contributed by atoms with Gasteiger partial charge in [-0.1, -0.05) is 6.07 Å². The molecule has 1 aliphatic rings. The predicted molar refractivity (Wildman–Crippen MR) is 53.0 cm³/mol. The Morgan fingerprint density at radius 3 is 2.64 bits per heavy atom. The predicted octanol–water partition coefficient (Wildman–Crippen LogP) is 1.14. The van der Waals surface area contributed by atoms with Gasteiger partial charge < -0.3 is 5.32 Å². The molecular weight excluding hydrogens is 200 g/mol. The van der Waals surface area contributed by atoms with Crippen LogP contribution in [0.5, 0.6) is 0 Å². The van der Waals surface area contributed by atoms with Crippen LogP contribution in [0.15, 0.2) is 17.5 Å². The summed E-state index contributed by atoms with van der Waals surface area (Å²) in [6, 6.07) is 3.37. The average Bonchev–Trinajstić information content (AvgIpc) is 2.73. The van der Waals surface area contributed by atoms with E-state index in [0.717, 1.165) is 9.78 Å². The third-order valence-corrected chi connectivity index (χ3v) is 3.50. The number of amides is 3. The van der Waals surface area contributed by atoms with Crippen molar-refractivity contribution in [1.29, 1.82) is 0 Å². The Hall–Kier alpha value is -1.36. The van der Waals surface area contributed by atoms with Crippen molar-refractivity contribution in [2.45, 2.75) is 12.5 Å². The lowest BCUT2D eigenvalue weighted by Crippen LogP contribution is -2.39. The maximum absolute atomic E-state index is 11.8. The lowest BCUT2D eigenvalue weighted by atomic mass is 10.0. The lowest BCUT2D eigenvalue weighted by Gasteiger charge is -2.18. The van der Waals surface area contributed by atoms with Crippen molar-refractivity contribution in [2.24, 2.45) is 0 Å². The van der Waals surface area contributed by atoms with Gasteiger partial charge in [-0.3, -0.25) is 9.69 Å². The van der Waals surface area contributed by atoms with Crippen molar-refractivity contribution in [3.63, 3.8) is 0 Å². The highest BCUT2D eigenvalue weighted by Gasteiger charge is 2.47. The van der Waals surface area contributed by atoms with E-state index < -0.39 is 5.54 Å². The van der Waals surface area contributed by atoms with Crippen molar-refractivity contribution >= 4 is 23.3 Å². The number of urea groups is 1.